The third-order valence-corrected chi connectivity index (χ3v) is 2.67. The number of nitrogens with zero attached hydrogens (tertiary/aromatic N) is 2. The molecule has 5 nitrogen and oxygen atoms in total. The van der Waals surface area contributed by atoms with Crippen LogP contribution in [0.4, 0.5) is 4.39 Å². The number of aromatic nitrogens is 3. The largest absolute Gasteiger partial charge is 0.346 e. The Balaban J connectivity index is 2.03. The van der Waals surface area contributed by atoms with E-state index in [0.717, 1.165) is 23.1 Å². The molecule has 2 rings (SSSR count). The lowest BCUT2D eigenvalue weighted by atomic mass is 10.2. The van der Waals surface area contributed by atoms with Gasteiger partial charge in [0.05, 0.1) is 11.9 Å². The number of aryl methyl sites for hydroxylation is 2. The molecule has 0 radical (unpaired) electrons. The second-order valence-electron chi connectivity index (χ2n) is 3.96. The Labute approximate surface area is 103 Å². The summed E-state index contributed by atoms with van der Waals surface area (Å²) in [6, 6.07) is 2.55. The molecule has 0 aliphatic heterocycles. The van der Waals surface area contributed by atoms with E-state index >= 15 is 0 Å². The zero-order valence-electron chi connectivity index (χ0n) is 10.1. The fraction of sp³-hybridized carbons (Fsp3) is 0.250. The van der Waals surface area contributed by atoms with Gasteiger partial charge >= 0.3 is 0 Å². The van der Waals surface area contributed by atoms with E-state index < -0.39 is 5.82 Å². The molecule has 2 N–H and O–H groups in total. The number of nitrogens with one attached hydrogen (secondary N) is 2. The molecule has 0 spiro atoms. The van der Waals surface area contributed by atoms with Gasteiger partial charge in [-0.05, 0) is 26.0 Å². The molecule has 1 amide bonds. The Morgan fingerprint density at radius 3 is 2.78 bits per heavy atom. The quantitative estimate of drug-likeness (QED) is 0.864. The monoisotopic (exact) mass is 248 g/mol. The van der Waals surface area contributed by atoms with Crippen molar-refractivity contribution in [2.45, 2.75) is 20.4 Å². The van der Waals surface area contributed by atoms with Crippen molar-refractivity contribution in [3.05, 3.63) is 46.8 Å². The molecule has 0 atom stereocenters. The summed E-state index contributed by atoms with van der Waals surface area (Å²) in [6.07, 6.45) is 1.02. The van der Waals surface area contributed by atoms with E-state index in [9.17, 15) is 9.18 Å². The van der Waals surface area contributed by atoms with E-state index in [1.54, 1.807) is 0 Å². The van der Waals surface area contributed by atoms with Crippen molar-refractivity contribution >= 4 is 5.91 Å². The molecule has 6 heteroatoms. The summed E-state index contributed by atoms with van der Waals surface area (Å²) in [5.41, 5.74) is 2.90. The number of amides is 1. The predicted molar refractivity (Wildman–Crippen MR) is 63.4 cm³/mol. The van der Waals surface area contributed by atoms with Crippen molar-refractivity contribution in [3.8, 4) is 0 Å². The smallest absolute Gasteiger partial charge is 0.270 e. The van der Waals surface area contributed by atoms with Gasteiger partial charge in [-0.25, -0.2) is 9.37 Å². The fourth-order valence-electron chi connectivity index (χ4n) is 1.60. The van der Waals surface area contributed by atoms with Crippen molar-refractivity contribution in [1.29, 1.82) is 0 Å². The molecular weight excluding hydrogens is 235 g/mol. The van der Waals surface area contributed by atoms with E-state index in [1.165, 1.54) is 12.1 Å². The molecule has 0 aliphatic carbocycles. The molecule has 94 valence electrons. The maximum Gasteiger partial charge on any atom is 0.270 e. The normalized spacial score (nSPS) is 10.4. The molecule has 0 fully saturated rings. The number of halogens is 1. The number of rotatable bonds is 3. The van der Waals surface area contributed by atoms with Crippen LogP contribution in [0.2, 0.25) is 0 Å². The van der Waals surface area contributed by atoms with Gasteiger partial charge in [0.15, 0.2) is 0 Å². The summed E-state index contributed by atoms with van der Waals surface area (Å²) >= 11 is 0. The van der Waals surface area contributed by atoms with Gasteiger partial charge in [-0.15, -0.1) is 0 Å². The lowest BCUT2D eigenvalue weighted by Crippen LogP contribution is -2.24. The van der Waals surface area contributed by atoms with Crippen LogP contribution < -0.4 is 5.32 Å². The summed E-state index contributed by atoms with van der Waals surface area (Å²) in [4.78, 5) is 15.5. The Hall–Kier alpha value is -2.24. The van der Waals surface area contributed by atoms with Gasteiger partial charge in [0, 0.05) is 17.8 Å². The Morgan fingerprint density at radius 2 is 2.22 bits per heavy atom. The van der Waals surface area contributed by atoms with Crippen LogP contribution in [0.5, 0.6) is 0 Å². The Morgan fingerprint density at radius 1 is 1.44 bits per heavy atom. The van der Waals surface area contributed by atoms with Crippen molar-refractivity contribution in [2.75, 3.05) is 0 Å². The van der Waals surface area contributed by atoms with E-state index in [-0.39, 0.29) is 11.6 Å². The summed E-state index contributed by atoms with van der Waals surface area (Å²) in [5, 5.41) is 9.60. The van der Waals surface area contributed by atoms with Crippen LogP contribution in [0.1, 0.15) is 27.4 Å². The van der Waals surface area contributed by atoms with Gasteiger partial charge in [-0.1, -0.05) is 0 Å². The number of hydrogen-bond acceptors (Lipinski definition) is 3. The molecular formula is C12H13FN4O. The van der Waals surface area contributed by atoms with Crippen molar-refractivity contribution in [2.24, 2.45) is 0 Å². The van der Waals surface area contributed by atoms with Crippen LogP contribution in [0.15, 0.2) is 18.3 Å². The van der Waals surface area contributed by atoms with Crippen LogP contribution in [-0.4, -0.2) is 21.1 Å². The number of carbonyl (C=O) groups excluding carboxylic acids is 1. The van der Waals surface area contributed by atoms with E-state index in [0.29, 0.717) is 6.54 Å². The van der Waals surface area contributed by atoms with E-state index in [2.05, 4.69) is 20.5 Å². The number of pyridine rings is 1. The highest BCUT2D eigenvalue weighted by atomic mass is 19.1. The lowest BCUT2D eigenvalue weighted by molar-refractivity contribution is 0.0946. The van der Waals surface area contributed by atoms with Crippen LogP contribution in [0.25, 0.3) is 0 Å². The van der Waals surface area contributed by atoms with Gasteiger partial charge in [0.25, 0.3) is 5.91 Å². The van der Waals surface area contributed by atoms with Crippen LogP contribution >= 0.6 is 0 Å². The minimum atomic E-state index is -0.465. The highest BCUT2D eigenvalue weighted by molar-refractivity contribution is 5.92. The molecule has 0 saturated heterocycles. The average molecular weight is 248 g/mol. The van der Waals surface area contributed by atoms with Crippen LogP contribution in [0.3, 0.4) is 0 Å². The van der Waals surface area contributed by atoms with Gasteiger partial charge in [-0.2, -0.15) is 5.10 Å². The Kier molecular flexibility index (Phi) is 3.36. The number of aromatic amines is 1. The number of hydrogen-bond donors (Lipinski definition) is 2. The first-order valence-corrected chi connectivity index (χ1v) is 5.48. The third-order valence-electron chi connectivity index (χ3n) is 2.67. The molecule has 0 unspecified atom stereocenters. The summed E-state index contributed by atoms with van der Waals surface area (Å²) < 4.78 is 12.7. The minimum absolute atomic E-state index is 0.190. The minimum Gasteiger partial charge on any atom is -0.346 e. The lowest BCUT2D eigenvalue weighted by Gasteiger charge is -2.04. The average Bonchev–Trinajstić information content (AvgIpc) is 2.67. The van der Waals surface area contributed by atoms with Gasteiger partial charge in [0.1, 0.15) is 11.5 Å². The molecule has 0 saturated carbocycles. The SMILES string of the molecule is Cc1n[nH]c(C)c1CNC(=O)c1ccc(F)cn1. The molecule has 2 aromatic rings. The molecule has 2 heterocycles. The second kappa shape index (κ2) is 4.95. The van der Waals surface area contributed by atoms with Crippen molar-refractivity contribution in [3.63, 3.8) is 0 Å². The molecule has 0 aromatic carbocycles. The summed E-state index contributed by atoms with van der Waals surface area (Å²) in [7, 11) is 0. The van der Waals surface area contributed by atoms with E-state index in [1.807, 2.05) is 13.8 Å². The zero-order chi connectivity index (χ0) is 13.1. The molecule has 2 aromatic heterocycles. The zero-order valence-corrected chi connectivity index (χ0v) is 10.1. The van der Waals surface area contributed by atoms with Crippen LogP contribution in [-0.2, 0) is 6.54 Å². The maximum atomic E-state index is 12.7. The standard InChI is InChI=1S/C12H13FN4O/c1-7-10(8(2)17-16-7)6-15-12(18)11-4-3-9(13)5-14-11/h3-5H,6H2,1-2H3,(H,15,18)(H,16,17). The van der Waals surface area contributed by atoms with Gasteiger partial charge in [-0.3, -0.25) is 9.89 Å². The third kappa shape index (κ3) is 2.53. The number of carbonyl (C=O) groups is 1. The van der Waals surface area contributed by atoms with Crippen molar-refractivity contribution < 1.29 is 9.18 Å². The van der Waals surface area contributed by atoms with Gasteiger partial charge in [0.2, 0.25) is 0 Å². The summed E-state index contributed by atoms with van der Waals surface area (Å²) in [6.45, 7) is 4.12. The van der Waals surface area contributed by atoms with Crippen LogP contribution in [0, 0.1) is 19.7 Å². The molecule has 0 aliphatic rings. The highest BCUT2D eigenvalue weighted by Crippen LogP contribution is 2.08. The predicted octanol–water partition coefficient (Wildman–Crippen LogP) is 1.49. The first kappa shape index (κ1) is 12.2. The summed E-state index contributed by atoms with van der Waals surface area (Å²) in [5.74, 6) is -0.803. The second-order valence-corrected chi connectivity index (χ2v) is 3.96. The van der Waals surface area contributed by atoms with Gasteiger partial charge < -0.3 is 5.32 Å². The first-order chi connectivity index (χ1) is 8.58. The Bertz CT molecular complexity index is 542. The van der Waals surface area contributed by atoms with E-state index in [4.69, 9.17) is 0 Å². The fourth-order valence-corrected chi connectivity index (χ4v) is 1.60. The highest BCUT2D eigenvalue weighted by Gasteiger charge is 2.10. The molecule has 0 bridgehead atoms. The maximum absolute atomic E-state index is 12.7. The number of H-pyrrole nitrogens is 1. The first-order valence-electron chi connectivity index (χ1n) is 5.48. The van der Waals surface area contributed by atoms with Crippen molar-refractivity contribution in [1.82, 2.24) is 20.5 Å². The molecule has 18 heavy (non-hydrogen) atoms. The topological polar surface area (TPSA) is 70.7 Å².